The van der Waals surface area contributed by atoms with Gasteiger partial charge in [-0.05, 0) is 35.9 Å². The number of fused-ring (bicyclic) bond motifs is 1. The van der Waals surface area contributed by atoms with Gasteiger partial charge in [-0.3, -0.25) is 10.1 Å². The summed E-state index contributed by atoms with van der Waals surface area (Å²) in [4.78, 5) is 16.4. The lowest BCUT2D eigenvalue weighted by Gasteiger charge is -2.07. The van der Waals surface area contributed by atoms with Gasteiger partial charge in [-0.2, -0.15) is 5.26 Å². The first-order valence-corrected chi connectivity index (χ1v) is 8.78. The van der Waals surface area contributed by atoms with Gasteiger partial charge >= 0.3 is 6.36 Å². The second kappa shape index (κ2) is 7.88. The minimum atomic E-state index is -4.80. The number of rotatable bonds is 4. The summed E-state index contributed by atoms with van der Waals surface area (Å²) in [6.07, 6.45) is -3.42. The lowest BCUT2D eigenvalue weighted by Crippen LogP contribution is -2.16. The van der Waals surface area contributed by atoms with Gasteiger partial charge in [-0.15, -0.1) is 13.2 Å². The number of ether oxygens (including phenoxy) is 1. The van der Waals surface area contributed by atoms with Crippen LogP contribution in [0.15, 0.2) is 48.0 Å². The Morgan fingerprint density at radius 1 is 1.25 bits per heavy atom. The van der Waals surface area contributed by atoms with Crippen molar-refractivity contribution >= 4 is 50.3 Å². The van der Waals surface area contributed by atoms with Crippen LogP contribution in [-0.2, 0) is 4.79 Å². The van der Waals surface area contributed by atoms with Crippen LogP contribution < -0.4 is 10.1 Å². The third-order valence-electron chi connectivity index (χ3n) is 3.36. The zero-order chi connectivity index (χ0) is 20.3. The number of alkyl halides is 3. The number of benzene rings is 2. The minimum absolute atomic E-state index is 0.140. The van der Waals surface area contributed by atoms with Crippen molar-refractivity contribution in [2.24, 2.45) is 0 Å². The van der Waals surface area contributed by atoms with E-state index < -0.39 is 12.3 Å². The average molecular weight is 424 g/mol. The highest BCUT2D eigenvalue weighted by Crippen LogP contribution is 2.31. The van der Waals surface area contributed by atoms with E-state index >= 15 is 0 Å². The van der Waals surface area contributed by atoms with Crippen LogP contribution in [0, 0.1) is 11.3 Å². The molecule has 142 valence electrons. The van der Waals surface area contributed by atoms with E-state index in [2.05, 4.69) is 15.0 Å². The van der Waals surface area contributed by atoms with Crippen LogP contribution in [0.4, 0.5) is 18.3 Å². The number of hydrogen-bond donors (Lipinski definition) is 1. The number of thiazole rings is 1. The van der Waals surface area contributed by atoms with E-state index in [4.69, 9.17) is 11.6 Å². The quantitative estimate of drug-likeness (QED) is 0.450. The molecule has 1 amide bonds. The Labute approximate surface area is 165 Å². The van der Waals surface area contributed by atoms with E-state index in [-0.39, 0.29) is 16.5 Å². The highest BCUT2D eigenvalue weighted by atomic mass is 35.5. The second-order valence-corrected chi connectivity index (χ2v) is 6.84. The summed E-state index contributed by atoms with van der Waals surface area (Å²) in [7, 11) is 0. The standard InChI is InChI=1S/C18H9ClF3N3O2S/c19-12-3-1-10(2-4-12)7-11(9-23)16(26)25-17-24-14-6-5-13(8-15(14)28-17)27-18(20,21)22/h1-8H,(H,24,25,26). The number of aromatic nitrogens is 1. The lowest BCUT2D eigenvalue weighted by atomic mass is 10.1. The number of carbonyl (C=O) groups excluding carboxylic acids is 1. The van der Waals surface area contributed by atoms with Crippen molar-refractivity contribution in [3.8, 4) is 11.8 Å². The molecule has 0 spiro atoms. The topological polar surface area (TPSA) is 75.0 Å². The molecule has 1 heterocycles. The van der Waals surface area contributed by atoms with Gasteiger partial charge in [0.15, 0.2) is 5.13 Å². The number of hydrogen-bond acceptors (Lipinski definition) is 5. The molecule has 0 unspecified atom stereocenters. The Kier molecular flexibility index (Phi) is 5.53. The summed E-state index contributed by atoms with van der Waals surface area (Å²) in [5.74, 6) is -1.08. The fourth-order valence-corrected chi connectivity index (χ4v) is 3.21. The van der Waals surface area contributed by atoms with Gasteiger partial charge < -0.3 is 4.74 Å². The monoisotopic (exact) mass is 423 g/mol. The third kappa shape index (κ3) is 5.00. The molecule has 0 atom stereocenters. The van der Waals surface area contributed by atoms with E-state index in [1.807, 2.05) is 0 Å². The molecule has 0 radical (unpaired) electrons. The van der Waals surface area contributed by atoms with Crippen LogP contribution in [0.25, 0.3) is 16.3 Å². The number of nitrogens with one attached hydrogen (secondary N) is 1. The van der Waals surface area contributed by atoms with E-state index in [0.29, 0.717) is 20.8 Å². The smallest absolute Gasteiger partial charge is 0.406 e. The van der Waals surface area contributed by atoms with Gasteiger partial charge in [0.25, 0.3) is 5.91 Å². The Balaban J connectivity index is 1.80. The van der Waals surface area contributed by atoms with Crippen molar-refractivity contribution < 1.29 is 22.7 Å². The first-order chi connectivity index (χ1) is 13.2. The van der Waals surface area contributed by atoms with Gasteiger partial charge in [-0.25, -0.2) is 4.98 Å². The van der Waals surface area contributed by atoms with E-state index in [1.54, 1.807) is 30.3 Å². The molecule has 0 aliphatic carbocycles. The molecule has 0 saturated heterocycles. The van der Waals surface area contributed by atoms with Gasteiger partial charge in [0, 0.05) is 11.1 Å². The largest absolute Gasteiger partial charge is 0.573 e. The molecule has 1 aromatic heterocycles. The summed E-state index contributed by atoms with van der Waals surface area (Å²) >= 11 is 6.75. The van der Waals surface area contributed by atoms with Gasteiger partial charge in [0.1, 0.15) is 17.4 Å². The van der Waals surface area contributed by atoms with E-state index in [1.165, 1.54) is 18.2 Å². The predicted molar refractivity (Wildman–Crippen MR) is 100.0 cm³/mol. The summed E-state index contributed by atoms with van der Waals surface area (Å²) < 4.78 is 41.2. The molecule has 0 aliphatic rings. The van der Waals surface area contributed by atoms with Crippen LogP contribution in [0.2, 0.25) is 5.02 Å². The fourth-order valence-electron chi connectivity index (χ4n) is 2.19. The van der Waals surface area contributed by atoms with Crippen LogP contribution in [-0.4, -0.2) is 17.3 Å². The molecule has 1 N–H and O–H groups in total. The van der Waals surface area contributed by atoms with E-state index in [9.17, 15) is 23.2 Å². The number of halogens is 4. The maximum absolute atomic E-state index is 12.3. The number of carbonyl (C=O) groups is 1. The van der Waals surface area contributed by atoms with Crippen LogP contribution in [0.5, 0.6) is 5.75 Å². The molecular formula is C18H9ClF3N3O2S. The minimum Gasteiger partial charge on any atom is -0.406 e. The highest BCUT2D eigenvalue weighted by molar-refractivity contribution is 7.22. The molecule has 10 heteroatoms. The number of anilines is 1. The molecular weight excluding hydrogens is 415 g/mol. The molecule has 5 nitrogen and oxygen atoms in total. The Bertz CT molecular complexity index is 1100. The Morgan fingerprint density at radius 3 is 2.61 bits per heavy atom. The zero-order valence-electron chi connectivity index (χ0n) is 13.7. The van der Waals surface area contributed by atoms with Crippen LogP contribution >= 0.6 is 22.9 Å². The van der Waals surface area contributed by atoms with Crippen molar-refractivity contribution in [1.82, 2.24) is 4.98 Å². The number of nitrogens with zero attached hydrogens (tertiary/aromatic N) is 2. The molecule has 0 aliphatic heterocycles. The first kappa shape index (κ1) is 19.7. The molecule has 28 heavy (non-hydrogen) atoms. The summed E-state index contributed by atoms with van der Waals surface area (Å²) in [5, 5.41) is 12.4. The van der Waals surface area contributed by atoms with Crippen molar-refractivity contribution in [2.45, 2.75) is 6.36 Å². The maximum atomic E-state index is 12.3. The van der Waals surface area contributed by atoms with E-state index in [0.717, 1.165) is 17.4 Å². The van der Waals surface area contributed by atoms with Crippen LogP contribution in [0.1, 0.15) is 5.56 Å². The second-order valence-electron chi connectivity index (χ2n) is 5.37. The summed E-state index contributed by atoms with van der Waals surface area (Å²) in [6, 6.07) is 12.0. The summed E-state index contributed by atoms with van der Waals surface area (Å²) in [6.45, 7) is 0. The molecule has 0 bridgehead atoms. The molecule has 2 aromatic carbocycles. The number of nitriles is 1. The summed E-state index contributed by atoms with van der Waals surface area (Å²) in [5.41, 5.74) is 0.826. The normalized spacial score (nSPS) is 11.9. The SMILES string of the molecule is N#CC(=Cc1ccc(Cl)cc1)C(=O)Nc1nc2ccc(OC(F)(F)F)cc2s1. The van der Waals surface area contributed by atoms with Crippen molar-refractivity contribution in [2.75, 3.05) is 5.32 Å². The third-order valence-corrected chi connectivity index (χ3v) is 4.55. The number of amides is 1. The van der Waals surface area contributed by atoms with Crippen molar-refractivity contribution in [3.05, 3.63) is 58.6 Å². The maximum Gasteiger partial charge on any atom is 0.573 e. The highest BCUT2D eigenvalue weighted by Gasteiger charge is 2.31. The lowest BCUT2D eigenvalue weighted by molar-refractivity contribution is -0.274. The first-order valence-electron chi connectivity index (χ1n) is 7.58. The molecule has 0 saturated carbocycles. The Morgan fingerprint density at radius 2 is 1.96 bits per heavy atom. The average Bonchev–Trinajstić information content (AvgIpc) is 3.01. The molecule has 3 aromatic rings. The fraction of sp³-hybridized carbons (Fsp3) is 0.0556. The van der Waals surface area contributed by atoms with Crippen molar-refractivity contribution in [3.63, 3.8) is 0 Å². The van der Waals surface area contributed by atoms with Gasteiger partial charge in [0.05, 0.1) is 10.2 Å². The van der Waals surface area contributed by atoms with Gasteiger partial charge in [0.2, 0.25) is 0 Å². The molecule has 3 rings (SSSR count). The zero-order valence-corrected chi connectivity index (χ0v) is 15.3. The molecule has 0 fully saturated rings. The van der Waals surface area contributed by atoms with Crippen LogP contribution in [0.3, 0.4) is 0 Å². The van der Waals surface area contributed by atoms with Gasteiger partial charge in [-0.1, -0.05) is 35.1 Å². The van der Waals surface area contributed by atoms with Crippen molar-refractivity contribution in [1.29, 1.82) is 5.26 Å². The predicted octanol–water partition coefficient (Wildman–Crippen LogP) is 5.39. The Hall–Kier alpha value is -3.09.